The van der Waals surface area contributed by atoms with E-state index in [9.17, 15) is 31.0 Å². The summed E-state index contributed by atoms with van der Waals surface area (Å²) in [6, 6.07) is 4.30. The van der Waals surface area contributed by atoms with Gasteiger partial charge >= 0.3 is 63.3 Å². The first-order valence-electron chi connectivity index (χ1n) is 9.29. The molecule has 0 aliphatic heterocycles. The van der Waals surface area contributed by atoms with Crippen LogP contribution in [0.4, 0.5) is 0 Å². The van der Waals surface area contributed by atoms with Gasteiger partial charge in [0.1, 0.15) is 49.1 Å². The first-order valence-corrected chi connectivity index (χ1v) is 13.0. The Balaban J connectivity index is -0.000000617. The topological polar surface area (TPSA) is 181 Å². The van der Waals surface area contributed by atoms with Gasteiger partial charge in [-0.3, -0.25) is 0 Å². The van der Waals surface area contributed by atoms with Gasteiger partial charge in [0.25, 0.3) is 9.05 Å². The number of carbonyl (C=O) groups is 2. The molecular formula is C22H30ClKO13S2. The number of ether oxygens (including phenoxy) is 6. The Morgan fingerprint density at radius 2 is 0.949 bits per heavy atom. The van der Waals surface area contributed by atoms with Crippen LogP contribution in [0, 0.1) is 0 Å². The molecule has 0 spiro atoms. The fraction of sp³-hybridized carbons (Fsp3) is 0.364. The molecule has 39 heavy (non-hydrogen) atoms. The van der Waals surface area contributed by atoms with Crippen LogP contribution >= 0.6 is 10.7 Å². The molecule has 0 unspecified atom stereocenters. The summed E-state index contributed by atoms with van der Waals surface area (Å²) >= 11 is 0. The summed E-state index contributed by atoms with van der Waals surface area (Å²) in [7, 11) is 3.81. The third-order valence-electron chi connectivity index (χ3n) is 4.31. The molecule has 216 valence electrons. The molecule has 2 aromatic rings. The van der Waals surface area contributed by atoms with E-state index in [1.807, 2.05) is 0 Å². The molecule has 13 nitrogen and oxygen atoms in total. The zero-order valence-electron chi connectivity index (χ0n) is 20.8. The largest absolute Gasteiger partial charge is 1.00 e. The Kier molecular flexibility index (Phi) is 19.2. The molecule has 0 saturated heterocycles. The van der Waals surface area contributed by atoms with Crippen LogP contribution in [-0.4, -0.2) is 76.0 Å². The van der Waals surface area contributed by atoms with Crippen LogP contribution < -0.4 is 70.3 Å². The molecular weight excluding hydrogens is 611 g/mol. The van der Waals surface area contributed by atoms with Gasteiger partial charge in [0.15, 0.2) is 0 Å². The van der Waals surface area contributed by atoms with E-state index in [0.29, 0.717) is 0 Å². The van der Waals surface area contributed by atoms with Gasteiger partial charge in [0, 0.05) is 22.8 Å². The van der Waals surface area contributed by atoms with Crippen molar-refractivity contribution in [2.45, 2.75) is 24.6 Å². The molecule has 2 rings (SSSR count). The van der Waals surface area contributed by atoms with Crippen LogP contribution in [-0.2, 0) is 28.6 Å². The number of hydrogen-bond donors (Lipinski definition) is 0. The van der Waals surface area contributed by atoms with Gasteiger partial charge in [-0.15, -0.1) is 0 Å². The molecule has 2 aromatic carbocycles. The van der Waals surface area contributed by atoms with Crippen LogP contribution in [0.5, 0.6) is 23.0 Å². The van der Waals surface area contributed by atoms with Crippen molar-refractivity contribution in [1.29, 1.82) is 0 Å². The van der Waals surface area contributed by atoms with E-state index in [1.165, 1.54) is 41.6 Å². The van der Waals surface area contributed by atoms with Crippen molar-refractivity contribution in [2.24, 2.45) is 0 Å². The molecule has 0 saturated carbocycles. The van der Waals surface area contributed by atoms with Crippen molar-refractivity contribution in [3.8, 4) is 23.0 Å². The van der Waals surface area contributed by atoms with Gasteiger partial charge in [-0.1, -0.05) is 14.9 Å². The minimum absolute atomic E-state index is 0. The number of rotatable bonds is 8. The fourth-order valence-electron chi connectivity index (χ4n) is 2.66. The Morgan fingerprint density at radius 1 is 0.641 bits per heavy atom. The summed E-state index contributed by atoms with van der Waals surface area (Å²) in [6.45, 7) is 0. The predicted molar refractivity (Wildman–Crippen MR) is 136 cm³/mol. The number of methoxy groups -OCH3 is 6. The van der Waals surface area contributed by atoms with E-state index in [1.54, 1.807) is 0 Å². The van der Waals surface area contributed by atoms with Gasteiger partial charge in [0.2, 0.25) is 0 Å². The predicted octanol–water partition coefficient (Wildman–Crippen LogP) is 0.0886. The summed E-state index contributed by atoms with van der Waals surface area (Å²) in [5.41, 5.74) is -0.227. The van der Waals surface area contributed by atoms with Crippen LogP contribution in [0.15, 0.2) is 34.1 Å². The Labute approximate surface area is 275 Å². The Bertz CT molecular complexity index is 1240. The van der Waals surface area contributed by atoms with Gasteiger partial charge in [-0.25, -0.2) is 26.4 Å². The first-order chi connectivity index (χ1) is 16.7. The maximum absolute atomic E-state index is 11.5. The van der Waals surface area contributed by atoms with Gasteiger partial charge < -0.3 is 33.0 Å². The number of halogens is 1. The molecule has 0 aliphatic rings. The van der Waals surface area contributed by atoms with Crippen LogP contribution in [0.2, 0.25) is 0 Å². The van der Waals surface area contributed by atoms with Crippen molar-refractivity contribution < 1.29 is 111 Å². The maximum Gasteiger partial charge on any atom is 1.00 e. The average molecular weight is 641 g/mol. The third kappa shape index (κ3) is 11.0. The van der Waals surface area contributed by atoms with Gasteiger partial charge in [-0.2, -0.15) is 0 Å². The number of carbonyl (C=O) groups excluding carboxylic acids is 2. The van der Waals surface area contributed by atoms with Crippen LogP contribution in [0.1, 0.15) is 35.6 Å². The minimum atomic E-state index is -4.77. The number of benzene rings is 2. The van der Waals surface area contributed by atoms with Crippen molar-refractivity contribution in [2.75, 3.05) is 42.7 Å². The van der Waals surface area contributed by atoms with E-state index in [-0.39, 0.29) is 105 Å². The summed E-state index contributed by atoms with van der Waals surface area (Å²) in [5, 5.41) is 0. The molecule has 0 bridgehead atoms. The van der Waals surface area contributed by atoms with E-state index in [4.69, 9.17) is 29.6 Å². The second-order valence-corrected chi connectivity index (χ2v) is 10.2. The van der Waals surface area contributed by atoms with Crippen LogP contribution in [0.25, 0.3) is 0 Å². The molecule has 0 atom stereocenters. The second kappa shape index (κ2) is 17.9. The summed E-state index contributed by atoms with van der Waals surface area (Å²) in [6.07, 6.45) is 0. The molecule has 17 heteroatoms. The van der Waals surface area contributed by atoms with E-state index in [2.05, 4.69) is 9.47 Å². The van der Waals surface area contributed by atoms with Crippen LogP contribution in [0.3, 0.4) is 0 Å². The molecule has 0 fully saturated rings. The van der Waals surface area contributed by atoms with E-state index >= 15 is 0 Å². The third-order valence-corrected chi connectivity index (χ3v) is 6.51. The summed E-state index contributed by atoms with van der Waals surface area (Å²) < 4.78 is 84.4. The smallest absolute Gasteiger partial charge is 0.744 e. The maximum atomic E-state index is 11.5. The normalized spacial score (nSPS) is 10.1. The van der Waals surface area contributed by atoms with E-state index in [0.717, 1.165) is 25.3 Å². The zero-order valence-corrected chi connectivity index (χ0v) is 26.3. The fourth-order valence-corrected chi connectivity index (χ4v) is 4.32. The molecule has 0 N–H and O–H groups in total. The SMILES string of the molecule is C.C.COC(=O)c1cc(S(=O)(=O)Cl)c(OC)cc1OC.COC(=O)c1cc(S(=O)(=O)[O-])c(OC)cc1OC.[K+]. The van der Waals surface area contributed by atoms with E-state index < -0.39 is 36.0 Å². The van der Waals surface area contributed by atoms with Crippen molar-refractivity contribution in [3.63, 3.8) is 0 Å². The van der Waals surface area contributed by atoms with Gasteiger partial charge in [0.05, 0.1) is 47.6 Å². The molecule has 0 aromatic heterocycles. The summed E-state index contributed by atoms with van der Waals surface area (Å²) in [4.78, 5) is 21.9. The quantitative estimate of drug-likeness (QED) is 0.164. The van der Waals surface area contributed by atoms with Gasteiger partial charge in [-0.05, 0) is 12.1 Å². The first kappa shape index (κ1) is 41.8. The molecule has 0 heterocycles. The summed E-state index contributed by atoms with van der Waals surface area (Å²) in [5.74, 6) is -1.60. The van der Waals surface area contributed by atoms with Crippen molar-refractivity contribution in [1.82, 2.24) is 0 Å². The zero-order chi connectivity index (χ0) is 27.8. The van der Waals surface area contributed by atoms with Crippen molar-refractivity contribution in [3.05, 3.63) is 35.4 Å². The molecule has 0 radical (unpaired) electrons. The average Bonchev–Trinajstić information content (AvgIpc) is 2.85. The van der Waals surface area contributed by atoms with Crippen molar-refractivity contribution >= 4 is 41.8 Å². The monoisotopic (exact) mass is 640 g/mol. The molecule has 0 amide bonds. The Morgan fingerprint density at radius 3 is 1.21 bits per heavy atom. The number of esters is 2. The molecule has 0 aliphatic carbocycles. The number of hydrogen-bond acceptors (Lipinski definition) is 13. The Hall–Kier alpha value is -1.63. The standard InChI is InChI=1S/C10H11ClO6S.C10H12O7S.2CH4.K/c1-15-7-5-8(16-2)9(18(11,13)14)4-6(7)10(12)17-3;1-15-7-5-8(16-2)9(18(12,13)14)4-6(7)10(11)17-3;;;/h4-5H,1-3H3;4-5H,1-3H3,(H,12,13,14);2*1H4;/q;;;;+1/p-1. The second-order valence-electron chi connectivity index (χ2n) is 6.28. The minimum Gasteiger partial charge on any atom is -0.744 e.